The minimum absolute atomic E-state index is 0.141. The molecule has 0 aromatic carbocycles. The zero-order valence-electron chi connectivity index (χ0n) is 11.9. The average molecular weight is 290 g/mol. The fourth-order valence-corrected chi connectivity index (χ4v) is 3.45. The lowest BCUT2D eigenvalue weighted by molar-refractivity contribution is 0.430. The molecule has 1 heterocycles. The molecule has 104 valence electrons. The first-order valence-corrected chi connectivity index (χ1v) is 8.60. The number of aromatic nitrogens is 1. The number of nitrogens with zero attached hydrogens (tertiary/aromatic N) is 1. The van der Waals surface area contributed by atoms with E-state index in [9.17, 15) is 8.42 Å². The Bertz CT molecular complexity index is 499. The van der Waals surface area contributed by atoms with Crippen molar-refractivity contribution in [3.8, 4) is 0 Å². The first-order chi connectivity index (χ1) is 8.09. The van der Waals surface area contributed by atoms with E-state index in [1.807, 2.05) is 13.8 Å². The number of rotatable bonds is 5. The Kier molecular flexibility index (Phi) is 4.56. The Labute approximate surface area is 114 Å². The summed E-state index contributed by atoms with van der Waals surface area (Å²) in [6.45, 7) is 7.53. The molecule has 1 aromatic rings. The molecular formula is C12H22N2O2S2. The standard InChI is InChI=1S/C12H22N2O2S2/c1-8-9(2)17-11(14-8)7-10(13-5)12(3,4)18(6,15)16/h10,13H,7H2,1-6H3. The highest BCUT2D eigenvalue weighted by Gasteiger charge is 2.38. The summed E-state index contributed by atoms with van der Waals surface area (Å²) in [5.41, 5.74) is 1.03. The monoisotopic (exact) mass is 290 g/mol. The van der Waals surface area contributed by atoms with E-state index >= 15 is 0 Å². The van der Waals surface area contributed by atoms with Crippen LogP contribution in [0.5, 0.6) is 0 Å². The van der Waals surface area contributed by atoms with Gasteiger partial charge in [-0.1, -0.05) is 0 Å². The highest BCUT2D eigenvalue weighted by molar-refractivity contribution is 7.92. The number of aryl methyl sites for hydroxylation is 2. The summed E-state index contributed by atoms with van der Waals surface area (Å²) in [6, 6.07) is -0.141. The van der Waals surface area contributed by atoms with Crippen molar-refractivity contribution >= 4 is 21.2 Å². The third-order valence-electron chi connectivity index (χ3n) is 3.59. The maximum atomic E-state index is 11.9. The number of thiazole rings is 1. The zero-order valence-corrected chi connectivity index (χ0v) is 13.5. The van der Waals surface area contributed by atoms with Crippen molar-refractivity contribution in [2.24, 2.45) is 0 Å². The molecule has 1 aromatic heterocycles. The van der Waals surface area contributed by atoms with Crippen LogP contribution in [0.1, 0.15) is 29.4 Å². The molecule has 1 unspecified atom stereocenters. The summed E-state index contributed by atoms with van der Waals surface area (Å²) in [7, 11) is -1.33. The second-order valence-electron chi connectivity index (χ2n) is 5.17. The molecule has 0 bridgehead atoms. The molecule has 0 amide bonds. The fraction of sp³-hybridized carbons (Fsp3) is 0.750. The first-order valence-electron chi connectivity index (χ1n) is 5.89. The topological polar surface area (TPSA) is 59.1 Å². The van der Waals surface area contributed by atoms with Gasteiger partial charge in [0.25, 0.3) is 0 Å². The van der Waals surface area contributed by atoms with Gasteiger partial charge < -0.3 is 5.32 Å². The molecule has 4 nitrogen and oxygen atoms in total. The van der Waals surface area contributed by atoms with Crippen molar-refractivity contribution in [1.29, 1.82) is 0 Å². The second-order valence-corrected chi connectivity index (χ2v) is 9.05. The summed E-state index contributed by atoms with van der Waals surface area (Å²) in [6.07, 6.45) is 1.92. The quantitative estimate of drug-likeness (QED) is 0.897. The normalized spacial score (nSPS) is 14.8. The molecule has 18 heavy (non-hydrogen) atoms. The van der Waals surface area contributed by atoms with Gasteiger partial charge >= 0.3 is 0 Å². The van der Waals surface area contributed by atoms with Gasteiger partial charge in [0.05, 0.1) is 15.4 Å². The predicted molar refractivity (Wildman–Crippen MR) is 77.1 cm³/mol. The molecular weight excluding hydrogens is 268 g/mol. The maximum absolute atomic E-state index is 11.9. The van der Waals surface area contributed by atoms with Crippen LogP contribution in [-0.2, 0) is 16.3 Å². The van der Waals surface area contributed by atoms with Gasteiger partial charge in [-0.3, -0.25) is 0 Å². The van der Waals surface area contributed by atoms with Gasteiger partial charge in [0, 0.05) is 23.6 Å². The summed E-state index contributed by atoms with van der Waals surface area (Å²) in [5.74, 6) is 0. The molecule has 1 N–H and O–H groups in total. The van der Waals surface area contributed by atoms with Crippen LogP contribution in [-0.4, -0.2) is 37.5 Å². The van der Waals surface area contributed by atoms with Gasteiger partial charge in [-0.15, -0.1) is 11.3 Å². The second kappa shape index (κ2) is 5.27. The third kappa shape index (κ3) is 3.10. The zero-order chi connectivity index (χ0) is 14.1. The minimum Gasteiger partial charge on any atom is -0.315 e. The van der Waals surface area contributed by atoms with E-state index in [-0.39, 0.29) is 6.04 Å². The Hall–Kier alpha value is -0.460. The van der Waals surface area contributed by atoms with Gasteiger partial charge in [-0.05, 0) is 34.7 Å². The summed E-state index contributed by atoms with van der Waals surface area (Å²) >= 11 is 1.64. The van der Waals surface area contributed by atoms with Crippen LogP contribution in [0.3, 0.4) is 0 Å². The van der Waals surface area contributed by atoms with Crippen LogP contribution >= 0.6 is 11.3 Å². The van der Waals surface area contributed by atoms with Crippen molar-refractivity contribution in [1.82, 2.24) is 10.3 Å². The molecule has 0 aliphatic carbocycles. The summed E-state index contributed by atoms with van der Waals surface area (Å²) in [4.78, 5) is 5.67. The Morgan fingerprint density at radius 1 is 1.39 bits per heavy atom. The average Bonchev–Trinajstić information content (AvgIpc) is 2.53. The fourth-order valence-electron chi connectivity index (χ4n) is 1.75. The van der Waals surface area contributed by atoms with Gasteiger partial charge in [0.15, 0.2) is 9.84 Å². The van der Waals surface area contributed by atoms with E-state index in [2.05, 4.69) is 10.3 Å². The van der Waals surface area contributed by atoms with Crippen LogP contribution < -0.4 is 5.32 Å². The SMILES string of the molecule is CNC(Cc1nc(C)c(C)s1)C(C)(C)S(C)(=O)=O. The minimum atomic E-state index is -3.12. The third-order valence-corrected chi connectivity index (χ3v) is 6.89. The highest BCUT2D eigenvalue weighted by Crippen LogP contribution is 2.25. The summed E-state index contributed by atoms with van der Waals surface area (Å²) < 4.78 is 22.9. The number of likely N-dealkylation sites (N-methyl/N-ethyl adjacent to an activating group) is 1. The Morgan fingerprint density at radius 3 is 2.28 bits per heavy atom. The smallest absolute Gasteiger partial charge is 0.154 e. The van der Waals surface area contributed by atoms with Crippen molar-refractivity contribution < 1.29 is 8.42 Å². The molecule has 1 atom stereocenters. The van der Waals surface area contributed by atoms with Gasteiger partial charge in [0.2, 0.25) is 0 Å². The number of sulfone groups is 1. The first kappa shape index (κ1) is 15.6. The van der Waals surface area contributed by atoms with Crippen molar-refractivity contribution in [3.05, 3.63) is 15.6 Å². The molecule has 6 heteroatoms. The molecule has 0 saturated carbocycles. The molecule has 1 rings (SSSR count). The van der Waals surface area contributed by atoms with Gasteiger partial charge in [-0.2, -0.15) is 0 Å². The Balaban J connectivity index is 2.99. The summed E-state index contributed by atoms with van der Waals surface area (Å²) in [5, 5.41) is 4.10. The molecule has 0 spiro atoms. The van der Waals surface area contributed by atoms with E-state index < -0.39 is 14.6 Å². The lowest BCUT2D eigenvalue weighted by atomic mass is 10.0. The lowest BCUT2D eigenvalue weighted by Gasteiger charge is -2.31. The van der Waals surface area contributed by atoms with Crippen molar-refractivity contribution in [2.75, 3.05) is 13.3 Å². The molecule has 0 fully saturated rings. The van der Waals surface area contributed by atoms with Crippen molar-refractivity contribution in [2.45, 2.75) is 44.9 Å². The Morgan fingerprint density at radius 2 is 1.94 bits per heavy atom. The van der Waals surface area contributed by atoms with Crippen LogP contribution in [0.4, 0.5) is 0 Å². The van der Waals surface area contributed by atoms with E-state index in [1.165, 1.54) is 11.1 Å². The molecule has 0 aliphatic rings. The molecule has 0 saturated heterocycles. The number of hydrogen-bond acceptors (Lipinski definition) is 5. The highest BCUT2D eigenvalue weighted by atomic mass is 32.2. The van der Waals surface area contributed by atoms with Crippen LogP contribution in [0, 0.1) is 13.8 Å². The largest absolute Gasteiger partial charge is 0.315 e. The van der Waals surface area contributed by atoms with E-state index in [4.69, 9.17) is 0 Å². The van der Waals surface area contributed by atoms with E-state index in [0.717, 1.165) is 10.7 Å². The van der Waals surface area contributed by atoms with Crippen LogP contribution in [0.25, 0.3) is 0 Å². The van der Waals surface area contributed by atoms with E-state index in [0.29, 0.717) is 6.42 Å². The molecule has 0 aliphatic heterocycles. The number of nitrogens with one attached hydrogen (secondary N) is 1. The van der Waals surface area contributed by atoms with Gasteiger partial charge in [0.1, 0.15) is 0 Å². The van der Waals surface area contributed by atoms with Crippen molar-refractivity contribution in [3.63, 3.8) is 0 Å². The maximum Gasteiger partial charge on any atom is 0.154 e. The van der Waals surface area contributed by atoms with Crippen LogP contribution in [0.15, 0.2) is 0 Å². The molecule has 0 radical (unpaired) electrons. The van der Waals surface area contributed by atoms with Gasteiger partial charge in [-0.25, -0.2) is 13.4 Å². The van der Waals surface area contributed by atoms with E-state index in [1.54, 1.807) is 32.2 Å². The number of hydrogen-bond donors (Lipinski definition) is 1. The predicted octanol–water partition coefficient (Wildman–Crippen LogP) is 1.71. The lowest BCUT2D eigenvalue weighted by Crippen LogP contribution is -2.51. The van der Waals surface area contributed by atoms with Crippen LogP contribution in [0.2, 0.25) is 0 Å².